The molecule has 1 aromatic carbocycles. The predicted molar refractivity (Wildman–Crippen MR) is 63.5 cm³/mol. The lowest BCUT2D eigenvalue weighted by molar-refractivity contribution is -0.384. The van der Waals surface area contributed by atoms with Crippen LogP contribution in [0.25, 0.3) is 0 Å². The van der Waals surface area contributed by atoms with E-state index in [2.05, 4.69) is 10.1 Å². The van der Waals surface area contributed by atoms with Crippen LogP contribution in [0.5, 0.6) is 0 Å². The summed E-state index contributed by atoms with van der Waals surface area (Å²) in [4.78, 5) is 32.7. The van der Waals surface area contributed by atoms with Crippen LogP contribution in [0.3, 0.4) is 0 Å². The van der Waals surface area contributed by atoms with Crippen molar-refractivity contribution in [3.05, 3.63) is 33.4 Å². The van der Waals surface area contributed by atoms with Gasteiger partial charge in [-0.1, -0.05) is 0 Å². The Kier molecular flexibility index (Phi) is 3.98. The minimum absolute atomic E-state index is 0.0422. The largest absolute Gasteiger partial charge is 0.465 e. The number of rotatable bonds is 3. The Labute approximate surface area is 103 Å². The lowest BCUT2D eigenvalue weighted by atomic mass is 10.1. The first-order chi connectivity index (χ1) is 8.36. The molecule has 0 unspecified atom stereocenters. The number of nitro benzene ring substituents is 1. The van der Waals surface area contributed by atoms with Gasteiger partial charge in [0.1, 0.15) is 0 Å². The van der Waals surface area contributed by atoms with E-state index in [-0.39, 0.29) is 22.8 Å². The maximum atomic E-state index is 11.5. The zero-order valence-electron chi connectivity index (χ0n) is 10.1. The second kappa shape index (κ2) is 5.26. The summed E-state index contributed by atoms with van der Waals surface area (Å²) in [5, 5.41) is 13.2. The molecular formula is C11H12N2O5. The van der Waals surface area contributed by atoms with Gasteiger partial charge in [0.15, 0.2) is 0 Å². The average molecular weight is 252 g/mol. The Morgan fingerprint density at radius 3 is 2.44 bits per heavy atom. The number of anilines is 1. The fraction of sp³-hybridized carbons (Fsp3) is 0.273. The number of hydrogen-bond acceptors (Lipinski definition) is 5. The smallest absolute Gasteiger partial charge is 0.340 e. The summed E-state index contributed by atoms with van der Waals surface area (Å²) >= 11 is 0. The van der Waals surface area contributed by atoms with Crippen LogP contribution in [0.4, 0.5) is 11.4 Å². The molecule has 0 fully saturated rings. The van der Waals surface area contributed by atoms with E-state index in [1.807, 2.05) is 0 Å². The van der Waals surface area contributed by atoms with Crippen molar-refractivity contribution in [2.75, 3.05) is 12.4 Å². The third-order valence-corrected chi connectivity index (χ3v) is 2.24. The van der Waals surface area contributed by atoms with E-state index in [0.29, 0.717) is 5.56 Å². The van der Waals surface area contributed by atoms with E-state index in [9.17, 15) is 19.7 Å². The van der Waals surface area contributed by atoms with Crippen molar-refractivity contribution in [1.29, 1.82) is 0 Å². The van der Waals surface area contributed by atoms with Crippen LogP contribution >= 0.6 is 0 Å². The summed E-state index contributed by atoms with van der Waals surface area (Å²) in [6.07, 6.45) is 0. The van der Waals surface area contributed by atoms with Crippen molar-refractivity contribution in [1.82, 2.24) is 0 Å². The monoisotopic (exact) mass is 252 g/mol. The van der Waals surface area contributed by atoms with Gasteiger partial charge in [-0.2, -0.15) is 0 Å². The van der Waals surface area contributed by atoms with E-state index in [1.165, 1.54) is 13.0 Å². The molecule has 0 saturated heterocycles. The summed E-state index contributed by atoms with van der Waals surface area (Å²) in [7, 11) is 1.16. The molecule has 1 aromatic rings. The second-order valence-corrected chi connectivity index (χ2v) is 3.62. The number of carbonyl (C=O) groups is 2. The summed E-state index contributed by atoms with van der Waals surface area (Å²) in [5.41, 5.74) is 0.362. The highest BCUT2D eigenvalue weighted by Crippen LogP contribution is 2.27. The molecule has 0 spiro atoms. The van der Waals surface area contributed by atoms with Crippen molar-refractivity contribution in [2.45, 2.75) is 13.8 Å². The molecule has 1 rings (SSSR count). The number of hydrogen-bond donors (Lipinski definition) is 1. The topological polar surface area (TPSA) is 98.5 Å². The van der Waals surface area contributed by atoms with Gasteiger partial charge in [-0.3, -0.25) is 14.9 Å². The van der Waals surface area contributed by atoms with Gasteiger partial charge >= 0.3 is 5.97 Å². The molecule has 0 aliphatic rings. The Bertz CT molecular complexity index is 524. The molecule has 0 aromatic heterocycles. The molecule has 0 saturated carbocycles. The van der Waals surface area contributed by atoms with Crippen molar-refractivity contribution in [2.24, 2.45) is 0 Å². The van der Waals surface area contributed by atoms with Crippen LogP contribution in [-0.4, -0.2) is 23.9 Å². The minimum atomic E-state index is -0.745. The fourth-order valence-electron chi connectivity index (χ4n) is 1.49. The third kappa shape index (κ3) is 2.82. The van der Waals surface area contributed by atoms with Gasteiger partial charge < -0.3 is 10.1 Å². The van der Waals surface area contributed by atoms with Gasteiger partial charge in [0, 0.05) is 19.1 Å². The number of esters is 1. The Balaban J connectivity index is 3.44. The lowest BCUT2D eigenvalue weighted by Gasteiger charge is -2.11. The molecule has 1 amide bonds. The van der Waals surface area contributed by atoms with Crippen molar-refractivity contribution in [3.63, 3.8) is 0 Å². The highest BCUT2D eigenvalue weighted by atomic mass is 16.6. The van der Waals surface area contributed by atoms with Crippen LogP contribution in [-0.2, 0) is 9.53 Å². The first-order valence-electron chi connectivity index (χ1n) is 5.01. The summed E-state index contributed by atoms with van der Waals surface area (Å²) in [6.45, 7) is 2.84. The summed E-state index contributed by atoms with van der Waals surface area (Å²) < 4.78 is 4.54. The number of aryl methyl sites for hydroxylation is 1. The van der Waals surface area contributed by atoms with E-state index in [0.717, 1.165) is 13.2 Å². The molecule has 0 bridgehead atoms. The number of nitro groups is 1. The molecule has 7 heteroatoms. The van der Waals surface area contributed by atoms with Crippen LogP contribution in [0, 0.1) is 17.0 Å². The van der Waals surface area contributed by atoms with Crippen molar-refractivity contribution < 1.29 is 19.2 Å². The normalized spacial score (nSPS) is 9.72. The van der Waals surface area contributed by atoms with Crippen LogP contribution in [0.15, 0.2) is 12.1 Å². The molecule has 18 heavy (non-hydrogen) atoms. The molecule has 0 atom stereocenters. The highest BCUT2D eigenvalue weighted by Gasteiger charge is 2.20. The Morgan fingerprint density at radius 2 is 2.00 bits per heavy atom. The molecule has 96 valence electrons. The number of benzene rings is 1. The number of nitrogens with one attached hydrogen (secondary N) is 1. The standard InChI is InChI=1S/C11H12N2O5/c1-6-4-8(13(16)17)5-9(11(15)18-3)10(6)12-7(2)14/h4-5H,1-3H3,(H,12,14). The maximum Gasteiger partial charge on any atom is 0.340 e. The van der Waals surface area contributed by atoms with Crippen molar-refractivity contribution >= 4 is 23.3 Å². The Hall–Kier alpha value is -2.44. The molecular weight excluding hydrogens is 240 g/mol. The Morgan fingerprint density at radius 1 is 1.39 bits per heavy atom. The van der Waals surface area contributed by atoms with Gasteiger partial charge in [-0.05, 0) is 12.5 Å². The van der Waals surface area contributed by atoms with Crippen LogP contribution in [0.2, 0.25) is 0 Å². The SMILES string of the molecule is COC(=O)c1cc([N+](=O)[O-])cc(C)c1NC(C)=O. The summed E-state index contributed by atoms with van der Waals surface area (Å²) in [6, 6.07) is 2.35. The number of ether oxygens (including phenoxy) is 1. The minimum Gasteiger partial charge on any atom is -0.465 e. The van der Waals surface area contributed by atoms with E-state index in [4.69, 9.17) is 0 Å². The summed E-state index contributed by atoms with van der Waals surface area (Å²) in [5.74, 6) is -1.12. The third-order valence-electron chi connectivity index (χ3n) is 2.24. The van der Waals surface area contributed by atoms with E-state index < -0.39 is 10.9 Å². The average Bonchev–Trinajstić information content (AvgIpc) is 2.29. The van der Waals surface area contributed by atoms with Gasteiger partial charge in [0.2, 0.25) is 5.91 Å². The number of nitrogens with zero attached hydrogens (tertiary/aromatic N) is 1. The van der Waals surface area contributed by atoms with Gasteiger partial charge in [0.05, 0.1) is 23.3 Å². The first kappa shape index (κ1) is 13.6. The van der Waals surface area contributed by atoms with Crippen LogP contribution < -0.4 is 5.32 Å². The van der Waals surface area contributed by atoms with Gasteiger partial charge in [-0.15, -0.1) is 0 Å². The zero-order chi connectivity index (χ0) is 13.9. The number of amides is 1. The quantitative estimate of drug-likeness (QED) is 0.501. The molecule has 0 radical (unpaired) electrons. The van der Waals surface area contributed by atoms with Crippen molar-refractivity contribution in [3.8, 4) is 0 Å². The van der Waals surface area contributed by atoms with E-state index >= 15 is 0 Å². The van der Waals surface area contributed by atoms with Gasteiger partial charge in [0.25, 0.3) is 5.69 Å². The van der Waals surface area contributed by atoms with E-state index in [1.54, 1.807) is 6.92 Å². The zero-order valence-corrected chi connectivity index (χ0v) is 10.1. The second-order valence-electron chi connectivity index (χ2n) is 3.62. The molecule has 1 N–H and O–H groups in total. The number of non-ortho nitro benzene ring substituents is 1. The molecule has 0 aliphatic heterocycles. The highest BCUT2D eigenvalue weighted by molar-refractivity contribution is 6.02. The molecule has 7 nitrogen and oxygen atoms in total. The lowest BCUT2D eigenvalue weighted by Crippen LogP contribution is -2.14. The molecule has 0 aliphatic carbocycles. The predicted octanol–water partition coefficient (Wildman–Crippen LogP) is 1.65. The molecule has 0 heterocycles. The van der Waals surface area contributed by atoms with Gasteiger partial charge in [-0.25, -0.2) is 4.79 Å². The first-order valence-corrected chi connectivity index (χ1v) is 5.01. The fourth-order valence-corrected chi connectivity index (χ4v) is 1.49. The number of carbonyl (C=O) groups excluding carboxylic acids is 2. The maximum absolute atomic E-state index is 11.5. The van der Waals surface area contributed by atoms with Crippen LogP contribution in [0.1, 0.15) is 22.8 Å². The number of methoxy groups -OCH3 is 1.